The molecular weight excluding hydrogens is 390 g/mol. The Morgan fingerprint density at radius 2 is 1.90 bits per heavy atom. The first-order valence-corrected chi connectivity index (χ1v) is 11.8. The van der Waals surface area contributed by atoms with Crippen LogP contribution in [0, 0.1) is 11.8 Å². The molecule has 0 radical (unpaired) electrons. The number of carbonyl (C=O) groups is 1. The number of aliphatic hydroxyl groups is 1. The van der Waals surface area contributed by atoms with Crippen LogP contribution in [0.1, 0.15) is 49.4 Å². The van der Waals surface area contributed by atoms with Crippen LogP contribution in [0.25, 0.3) is 10.9 Å². The summed E-state index contributed by atoms with van der Waals surface area (Å²) in [5, 5.41) is 11.7. The number of ether oxygens (including phenoxy) is 1. The van der Waals surface area contributed by atoms with Gasteiger partial charge in [-0.05, 0) is 55.2 Å². The highest BCUT2D eigenvalue weighted by Crippen LogP contribution is 2.51. The van der Waals surface area contributed by atoms with Gasteiger partial charge in [0.2, 0.25) is 5.91 Å². The number of aromatic nitrogens is 1. The van der Waals surface area contributed by atoms with Crippen LogP contribution < -0.4 is 4.74 Å². The molecule has 3 heterocycles. The summed E-state index contributed by atoms with van der Waals surface area (Å²) in [5.41, 5.74) is 3.70. The molecule has 6 heteroatoms. The molecule has 1 amide bonds. The number of likely N-dealkylation sites (tertiary alicyclic amines) is 1. The molecular formula is C25H33N3O3. The van der Waals surface area contributed by atoms with E-state index in [1.807, 2.05) is 6.07 Å². The Balaban J connectivity index is 1.43. The quantitative estimate of drug-likeness (QED) is 0.776. The molecule has 166 valence electrons. The number of amides is 1. The van der Waals surface area contributed by atoms with Crippen LogP contribution in [0.2, 0.25) is 0 Å². The summed E-state index contributed by atoms with van der Waals surface area (Å²) in [6.45, 7) is 3.71. The lowest BCUT2D eigenvalue weighted by atomic mass is 9.68. The minimum atomic E-state index is -0.0385. The fourth-order valence-electron chi connectivity index (χ4n) is 6.10. The largest absolute Gasteiger partial charge is 0.497 e. The first kappa shape index (κ1) is 19.6. The number of fused-ring (bicyclic) bond motifs is 4. The number of methoxy groups -OCH3 is 1. The summed E-state index contributed by atoms with van der Waals surface area (Å²) in [5.74, 6) is 2.57. The van der Waals surface area contributed by atoms with Crippen molar-refractivity contribution < 1.29 is 14.6 Å². The molecule has 31 heavy (non-hydrogen) atoms. The topological polar surface area (TPSA) is 57.9 Å². The second kappa shape index (κ2) is 6.97. The summed E-state index contributed by atoms with van der Waals surface area (Å²) >= 11 is 0. The van der Waals surface area contributed by atoms with Crippen molar-refractivity contribution in [3.63, 3.8) is 0 Å². The van der Waals surface area contributed by atoms with Crippen LogP contribution in [-0.2, 0) is 17.3 Å². The number of hydrogen-bond acceptors (Lipinski definition) is 4. The Morgan fingerprint density at radius 3 is 2.55 bits per heavy atom. The number of aryl methyl sites for hydroxylation is 1. The highest BCUT2D eigenvalue weighted by Gasteiger charge is 2.55. The van der Waals surface area contributed by atoms with Crippen LogP contribution in [0.5, 0.6) is 5.75 Å². The minimum absolute atomic E-state index is 0.0147. The normalized spacial score (nSPS) is 25.0. The smallest absolute Gasteiger partial charge is 0.222 e. The Bertz CT molecular complexity index is 1030. The zero-order chi connectivity index (χ0) is 21.3. The minimum Gasteiger partial charge on any atom is -0.497 e. The number of nitrogens with zero attached hydrogens (tertiary/aromatic N) is 3. The van der Waals surface area contributed by atoms with E-state index in [1.54, 1.807) is 7.11 Å². The molecule has 3 fully saturated rings. The Hall–Kier alpha value is -2.05. The number of rotatable bonds is 6. The molecule has 2 aliphatic carbocycles. The van der Waals surface area contributed by atoms with E-state index in [9.17, 15) is 9.90 Å². The Kier molecular flexibility index (Phi) is 4.41. The van der Waals surface area contributed by atoms with E-state index in [-0.39, 0.29) is 18.1 Å². The van der Waals surface area contributed by atoms with Gasteiger partial charge in [0, 0.05) is 62.2 Å². The summed E-state index contributed by atoms with van der Waals surface area (Å²) < 4.78 is 7.77. The SMILES string of the molecule is COc1ccc2c3c(n(C)c2c1)[C@@H](CO)N(CC1CC1)CC31CN(C(=O)CC2CC2)C1. The van der Waals surface area contributed by atoms with Crippen molar-refractivity contribution in [3.8, 4) is 5.75 Å². The fourth-order valence-corrected chi connectivity index (χ4v) is 6.10. The van der Waals surface area contributed by atoms with Crippen LogP contribution in [0.4, 0.5) is 0 Å². The average Bonchev–Trinajstić information content (AvgIpc) is 3.67. The molecule has 0 unspecified atom stereocenters. The van der Waals surface area contributed by atoms with Crippen LogP contribution in [0.15, 0.2) is 18.2 Å². The number of benzene rings is 1. The average molecular weight is 424 g/mol. The van der Waals surface area contributed by atoms with Gasteiger partial charge >= 0.3 is 0 Å². The lowest BCUT2D eigenvalue weighted by Gasteiger charge is -2.56. The van der Waals surface area contributed by atoms with Gasteiger partial charge in [0.25, 0.3) is 0 Å². The van der Waals surface area contributed by atoms with Gasteiger partial charge in [-0.15, -0.1) is 0 Å². The lowest BCUT2D eigenvalue weighted by Crippen LogP contribution is -2.67. The van der Waals surface area contributed by atoms with Gasteiger partial charge in [-0.2, -0.15) is 0 Å². The van der Waals surface area contributed by atoms with E-state index in [1.165, 1.54) is 42.3 Å². The molecule has 6 rings (SSSR count). The molecule has 4 aliphatic rings. The van der Waals surface area contributed by atoms with Crippen molar-refractivity contribution in [1.82, 2.24) is 14.4 Å². The predicted molar refractivity (Wildman–Crippen MR) is 119 cm³/mol. The van der Waals surface area contributed by atoms with Crippen molar-refractivity contribution in [3.05, 3.63) is 29.5 Å². The fraction of sp³-hybridized carbons (Fsp3) is 0.640. The van der Waals surface area contributed by atoms with E-state index in [2.05, 4.69) is 33.5 Å². The summed E-state index contributed by atoms with van der Waals surface area (Å²) in [6.07, 6.45) is 5.75. The third-order valence-corrected chi connectivity index (χ3v) is 8.11. The molecule has 2 saturated carbocycles. The first-order valence-electron chi connectivity index (χ1n) is 11.8. The number of aliphatic hydroxyl groups excluding tert-OH is 1. The van der Waals surface area contributed by atoms with Crippen molar-refractivity contribution >= 4 is 16.8 Å². The Morgan fingerprint density at radius 1 is 1.16 bits per heavy atom. The molecule has 0 bridgehead atoms. The van der Waals surface area contributed by atoms with Crippen LogP contribution in [-0.4, -0.2) is 65.3 Å². The monoisotopic (exact) mass is 423 g/mol. The molecule has 2 aliphatic heterocycles. The van der Waals surface area contributed by atoms with Gasteiger partial charge in [0.05, 0.1) is 25.3 Å². The maximum atomic E-state index is 12.8. The Labute approximate surface area is 183 Å². The van der Waals surface area contributed by atoms with Gasteiger partial charge in [-0.25, -0.2) is 0 Å². The highest BCUT2D eigenvalue weighted by molar-refractivity contribution is 5.89. The van der Waals surface area contributed by atoms with Gasteiger partial charge in [-0.3, -0.25) is 9.69 Å². The third kappa shape index (κ3) is 3.10. The molecule has 1 N–H and O–H groups in total. The van der Waals surface area contributed by atoms with E-state index in [0.717, 1.165) is 49.8 Å². The molecule has 2 aromatic rings. The maximum Gasteiger partial charge on any atom is 0.222 e. The molecule has 1 atom stereocenters. The molecule has 1 saturated heterocycles. The van der Waals surface area contributed by atoms with Gasteiger partial charge in [0.15, 0.2) is 0 Å². The molecule has 1 aromatic heterocycles. The van der Waals surface area contributed by atoms with Crippen molar-refractivity contribution in [2.75, 3.05) is 39.9 Å². The second-order valence-electron chi connectivity index (χ2n) is 10.5. The van der Waals surface area contributed by atoms with Crippen molar-refractivity contribution in [1.29, 1.82) is 0 Å². The van der Waals surface area contributed by atoms with Gasteiger partial charge < -0.3 is 19.3 Å². The third-order valence-electron chi connectivity index (χ3n) is 8.11. The van der Waals surface area contributed by atoms with Crippen molar-refractivity contribution in [2.24, 2.45) is 18.9 Å². The summed E-state index contributed by atoms with van der Waals surface area (Å²) in [7, 11) is 3.82. The van der Waals surface area contributed by atoms with E-state index in [4.69, 9.17) is 4.74 Å². The predicted octanol–water partition coefficient (Wildman–Crippen LogP) is 2.83. The highest BCUT2D eigenvalue weighted by atomic mass is 16.5. The first-order chi connectivity index (χ1) is 15.0. The summed E-state index contributed by atoms with van der Waals surface area (Å²) in [6, 6.07) is 6.33. The zero-order valence-electron chi connectivity index (χ0n) is 18.6. The van der Waals surface area contributed by atoms with E-state index in [0.29, 0.717) is 11.8 Å². The molecule has 6 nitrogen and oxygen atoms in total. The standard InChI is InChI=1S/C25H33N3O3/c1-26-20-10-18(31-2)7-8-19(20)23-24(26)21(12-29)27(11-17-5-6-17)13-25(23)14-28(15-25)22(30)9-16-3-4-16/h7-8,10,16-17,21,29H,3-6,9,11-15H2,1-2H3/t21-/m1/s1. The van der Waals surface area contributed by atoms with Crippen LogP contribution >= 0.6 is 0 Å². The van der Waals surface area contributed by atoms with Crippen LogP contribution in [0.3, 0.4) is 0 Å². The van der Waals surface area contributed by atoms with Crippen molar-refractivity contribution in [2.45, 2.75) is 43.6 Å². The number of carbonyl (C=O) groups excluding carboxylic acids is 1. The van der Waals surface area contributed by atoms with E-state index >= 15 is 0 Å². The van der Waals surface area contributed by atoms with Gasteiger partial charge in [0.1, 0.15) is 5.75 Å². The lowest BCUT2D eigenvalue weighted by molar-refractivity contribution is -0.141. The maximum absolute atomic E-state index is 12.8. The molecule has 1 spiro atoms. The second-order valence-corrected chi connectivity index (χ2v) is 10.5. The van der Waals surface area contributed by atoms with Gasteiger partial charge in [-0.1, -0.05) is 0 Å². The zero-order valence-corrected chi connectivity index (χ0v) is 18.6. The van der Waals surface area contributed by atoms with E-state index < -0.39 is 0 Å². The molecule has 1 aromatic carbocycles. The summed E-state index contributed by atoms with van der Waals surface area (Å²) in [4.78, 5) is 17.4. The number of hydrogen-bond donors (Lipinski definition) is 1.